The second-order valence-corrected chi connectivity index (χ2v) is 7.00. The lowest BCUT2D eigenvalue weighted by Gasteiger charge is -2.36. The molecule has 1 aliphatic heterocycles. The second-order valence-electron chi connectivity index (χ2n) is 7.00. The molecule has 1 atom stereocenters. The van der Waals surface area contributed by atoms with E-state index < -0.39 is 6.04 Å². The van der Waals surface area contributed by atoms with Crippen LogP contribution in [0.4, 0.5) is 0 Å². The van der Waals surface area contributed by atoms with E-state index in [0.29, 0.717) is 19.5 Å². The molecule has 26 heavy (non-hydrogen) atoms. The summed E-state index contributed by atoms with van der Waals surface area (Å²) < 4.78 is 0. The zero-order chi connectivity index (χ0) is 18.7. The third-order valence-electron chi connectivity index (χ3n) is 5.07. The Balaban J connectivity index is 1.82. The molecule has 4 nitrogen and oxygen atoms in total. The van der Waals surface area contributed by atoms with Crippen molar-refractivity contribution >= 4 is 11.8 Å². The zero-order valence-corrected chi connectivity index (χ0v) is 15.7. The first-order valence-corrected chi connectivity index (χ1v) is 9.22. The van der Waals surface area contributed by atoms with Gasteiger partial charge in [0.15, 0.2) is 0 Å². The van der Waals surface area contributed by atoms with Crippen molar-refractivity contribution in [1.82, 2.24) is 10.2 Å². The van der Waals surface area contributed by atoms with Crippen LogP contribution < -0.4 is 5.32 Å². The Bertz CT molecular complexity index is 829. The first kappa shape index (κ1) is 18.2. The molecule has 2 aromatic carbocycles. The minimum absolute atomic E-state index is 0.0249. The highest BCUT2D eigenvalue weighted by Gasteiger charge is 2.36. The molecule has 1 heterocycles. The van der Waals surface area contributed by atoms with Gasteiger partial charge < -0.3 is 10.2 Å². The smallest absolute Gasteiger partial charge is 0.247 e. The number of amides is 2. The number of fused-ring (bicyclic) bond motifs is 1. The molecule has 3 rings (SSSR count). The van der Waals surface area contributed by atoms with Gasteiger partial charge in [-0.05, 0) is 48.1 Å². The van der Waals surface area contributed by atoms with Crippen molar-refractivity contribution in [3.8, 4) is 0 Å². The van der Waals surface area contributed by atoms with Crippen LogP contribution in [0.25, 0.3) is 0 Å². The molecule has 4 heteroatoms. The molecule has 0 saturated carbocycles. The van der Waals surface area contributed by atoms with Gasteiger partial charge in [-0.3, -0.25) is 9.59 Å². The van der Waals surface area contributed by atoms with Crippen LogP contribution in [0.1, 0.15) is 47.2 Å². The molecule has 0 radical (unpaired) electrons. The van der Waals surface area contributed by atoms with Crippen molar-refractivity contribution < 1.29 is 9.59 Å². The van der Waals surface area contributed by atoms with Crippen LogP contribution >= 0.6 is 0 Å². The van der Waals surface area contributed by atoms with Crippen LogP contribution in [0.15, 0.2) is 42.5 Å². The Morgan fingerprint density at radius 1 is 1.15 bits per heavy atom. The quantitative estimate of drug-likeness (QED) is 0.898. The summed E-state index contributed by atoms with van der Waals surface area (Å²) in [4.78, 5) is 27.3. The fourth-order valence-electron chi connectivity index (χ4n) is 3.52. The van der Waals surface area contributed by atoms with Gasteiger partial charge in [0, 0.05) is 13.1 Å². The molecular formula is C22H26N2O2. The molecule has 0 fully saturated rings. The van der Waals surface area contributed by atoms with E-state index in [-0.39, 0.29) is 11.8 Å². The molecule has 136 valence electrons. The van der Waals surface area contributed by atoms with E-state index >= 15 is 0 Å². The van der Waals surface area contributed by atoms with Gasteiger partial charge in [-0.15, -0.1) is 0 Å². The zero-order valence-electron chi connectivity index (χ0n) is 15.7. The van der Waals surface area contributed by atoms with E-state index in [1.807, 2.05) is 37.3 Å². The Morgan fingerprint density at radius 3 is 2.65 bits per heavy atom. The average Bonchev–Trinajstić information content (AvgIpc) is 2.63. The predicted octanol–water partition coefficient (Wildman–Crippen LogP) is 3.46. The van der Waals surface area contributed by atoms with Gasteiger partial charge in [-0.1, -0.05) is 49.4 Å². The van der Waals surface area contributed by atoms with Gasteiger partial charge in [0.2, 0.25) is 11.8 Å². The number of carbonyl (C=O) groups excluding carboxylic acids is 2. The number of aryl methyl sites for hydroxylation is 2. The van der Waals surface area contributed by atoms with Crippen LogP contribution in [0, 0.1) is 13.8 Å². The Labute approximate surface area is 155 Å². The highest BCUT2D eigenvalue weighted by Crippen LogP contribution is 2.30. The van der Waals surface area contributed by atoms with Crippen molar-refractivity contribution in [2.24, 2.45) is 0 Å². The fraction of sp³-hybridized carbons (Fsp3) is 0.364. The number of benzene rings is 2. The first-order valence-electron chi connectivity index (χ1n) is 9.22. The van der Waals surface area contributed by atoms with Crippen LogP contribution in [-0.2, 0) is 22.6 Å². The van der Waals surface area contributed by atoms with E-state index in [0.717, 1.165) is 23.1 Å². The molecule has 0 aromatic heterocycles. The predicted molar refractivity (Wildman–Crippen MR) is 103 cm³/mol. The molecule has 2 aromatic rings. The van der Waals surface area contributed by atoms with Gasteiger partial charge >= 0.3 is 0 Å². The average molecular weight is 350 g/mol. The van der Waals surface area contributed by atoms with Gasteiger partial charge in [-0.25, -0.2) is 0 Å². The topological polar surface area (TPSA) is 49.4 Å². The SMILES string of the molecule is CCCN1C(=O)Cc2ccccc2[C@@H]1C(=O)NCc1ccc(C)c(C)c1. The minimum atomic E-state index is -0.543. The largest absolute Gasteiger partial charge is 0.350 e. The molecular weight excluding hydrogens is 324 g/mol. The van der Waals surface area contributed by atoms with Crippen molar-refractivity contribution in [2.45, 2.75) is 46.2 Å². The van der Waals surface area contributed by atoms with Crippen LogP contribution in [-0.4, -0.2) is 23.3 Å². The summed E-state index contributed by atoms with van der Waals surface area (Å²) in [5.74, 6) is -0.0888. The standard InChI is InChI=1S/C22H26N2O2/c1-4-11-24-20(25)13-18-7-5-6-8-19(18)21(24)22(26)23-14-17-10-9-15(2)16(3)12-17/h5-10,12,21H,4,11,13-14H2,1-3H3,(H,23,26)/t21-/m1/s1. The molecule has 1 N–H and O–H groups in total. The van der Waals surface area contributed by atoms with Crippen LogP contribution in [0.2, 0.25) is 0 Å². The molecule has 0 bridgehead atoms. The first-order chi connectivity index (χ1) is 12.5. The maximum atomic E-state index is 13.0. The third-order valence-corrected chi connectivity index (χ3v) is 5.07. The van der Waals surface area contributed by atoms with Gasteiger partial charge in [-0.2, -0.15) is 0 Å². The normalized spacial score (nSPS) is 16.3. The summed E-state index contributed by atoms with van der Waals surface area (Å²) >= 11 is 0. The van der Waals surface area contributed by atoms with Crippen molar-refractivity contribution in [3.05, 3.63) is 70.3 Å². The van der Waals surface area contributed by atoms with Crippen LogP contribution in [0.3, 0.4) is 0 Å². The Morgan fingerprint density at radius 2 is 1.92 bits per heavy atom. The maximum Gasteiger partial charge on any atom is 0.247 e. The van der Waals surface area contributed by atoms with E-state index in [1.54, 1.807) is 4.90 Å². The number of hydrogen-bond acceptors (Lipinski definition) is 2. The monoisotopic (exact) mass is 350 g/mol. The highest BCUT2D eigenvalue weighted by atomic mass is 16.2. The van der Waals surface area contributed by atoms with E-state index in [4.69, 9.17) is 0 Å². The Kier molecular flexibility index (Phi) is 5.40. The molecule has 0 aliphatic carbocycles. The lowest BCUT2D eigenvalue weighted by atomic mass is 9.91. The fourth-order valence-corrected chi connectivity index (χ4v) is 3.52. The number of rotatable bonds is 5. The van der Waals surface area contributed by atoms with Crippen LogP contribution in [0.5, 0.6) is 0 Å². The van der Waals surface area contributed by atoms with E-state index in [2.05, 4.69) is 31.3 Å². The summed E-state index contributed by atoms with van der Waals surface area (Å²) in [6.07, 6.45) is 1.20. The summed E-state index contributed by atoms with van der Waals surface area (Å²) in [6.45, 7) is 7.23. The molecule has 2 amide bonds. The molecule has 1 aliphatic rings. The number of carbonyl (C=O) groups is 2. The second kappa shape index (κ2) is 7.73. The number of nitrogens with zero attached hydrogens (tertiary/aromatic N) is 1. The third kappa shape index (κ3) is 3.64. The van der Waals surface area contributed by atoms with Gasteiger partial charge in [0.25, 0.3) is 0 Å². The molecule has 0 spiro atoms. The minimum Gasteiger partial charge on any atom is -0.350 e. The van der Waals surface area contributed by atoms with Crippen molar-refractivity contribution in [2.75, 3.05) is 6.54 Å². The molecule has 0 saturated heterocycles. The number of nitrogens with one attached hydrogen (secondary N) is 1. The summed E-state index contributed by atoms with van der Waals surface area (Å²) in [7, 11) is 0. The van der Waals surface area contributed by atoms with Crippen molar-refractivity contribution in [1.29, 1.82) is 0 Å². The lowest BCUT2D eigenvalue weighted by Crippen LogP contribution is -2.47. The number of hydrogen-bond donors (Lipinski definition) is 1. The summed E-state index contributed by atoms with van der Waals surface area (Å²) in [5, 5.41) is 3.03. The van der Waals surface area contributed by atoms with E-state index in [1.165, 1.54) is 11.1 Å². The van der Waals surface area contributed by atoms with Gasteiger partial charge in [0.1, 0.15) is 6.04 Å². The summed E-state index contributed by atoms with van der Waals surface area (Å²) in [6, 6.07) is 13.4. The van der Waals surface area contributed by atoms with Crippen molar-refractivity contribution in [3.63, 3.8) is 0 Å². The molecule has 0 unspecified atom stereocenters. The summed E-state index contributed by atoms with van der Waals surface area (Å²) in [5.41, 5.74) is 5.41. The maximum absolute atomic E-state index is 13.0. The lowest BCUT2D eigenvalue weighted by molar-refractivity contribution is -0.141. The van der Waals surface area contributed by atoms with E-state index in [9.17, 15) is 9.59 Å². The van der Waals surface area contributed by atoms with Gasteiger partial charge in [0.05, 0.1) is 6.42 Å². The highest BCUT2D eigenvalue weighted by molar-refractivity contribution is 5.92. The Hall–Kier alpha value is -2.62.